The molecule has 0 aromatic rings. The Balaban J connectivity index is 2.26. The van der Waals surface area contributed by atoms with Crippen LogP contribution in [0.4, 0.5) is 0 Å². The first kappa shape index (κ1) is 24.9. The van der Waals surface area contributed by atoms with E-state index in [1.54, 1.807) is 7.05 Å². The molecule has 1 rings (SSSR count). The van der Waals surface area contributed by atoms with Crippen LogP contribution in [-0.4, -0.2) is 59.7 Å². The summed E-state index contributed by atoms with van der Waals surface area (Å²) in [5.41, 5.74) is 0. The van der Waals surface area contributed by atoms with E-state index in [0.717, 1.165) is 70.8 Å². The van der Waals surface area contributed by atoms with Crippen LogP contribution in [0.25, 0.3) is 0 Å². The van der Waals surface area contributed by atoms with E-state index in [9.17, 15) is 14.7 Å². The second-order valence-electron chi connectivity index (χ2n) is 8.10. The van der Waals surface area contributed by atoms with Crippen LogP contribution in [0, 0.1) is 0 Å². The number of unbranched alkanes of at least 4 members (excludes halogenated alkanes) is 5. The lowest BCUT2D eigenvalue weighted by molar-refractivity contribution is -0.168. The molecule has 1 unspecified atom stereocenters. The van der Waals surface area contributed by atoms with E-state index in [1.165, 1.54) is 25.0 Å². The number of likely N-dealkylation sites (tertiary alicyclic amines) is 1. The van der Waals surface area contributed by atoms with Crippen molar-refractivity contribution in [3.05, 3.63) is 0 Å². The van der Waals surface area contributed by atoms with Gasteiger partial charge in [-0.3, -0.25) is 14.4 Å². The van der Waals surface area contributed by atoms with Crippen LogP contribution in [0.2, 0.25) is 0 Å². The lowest BCUT2D eigenvalue weighted by atomic mass is 9.94. The molecule has 0 aliphatic carbocycles. The first-order chi connectivity index (χ1) is 13.5. The number of rotatable bonds is 15. The molecule has 1 aliphatic heterocycles. The van der Waals surface area contributed by atoms with Gasteiger partial charge in [-0.25, -0.2) is 5.06 Å². The van der Waals surface area contributed by atoms with Gasteiger partial charge in [-0.05, 0) is 44.9 Å². The van der Waals surface area contributed by atoms with Crippen molar-refractivity contribution in [3.63, 3.8) is 0 Å². The van der Waals surface area contributed by atoms with Crippen LogP contribution in [0.5, 0.6) is 0 Å². The molecule has 0 saturated carbocycles. The van der Waals surface area contributed by atoms with Crippen molar-refractivity contribution < 1.29 is 19.5 Å². The van der Waals surface area contributed by atoms with Crippen molar-refractivity contribution in [2.24, 2.45) is 0 Å². The molecule has 0 aromatic heterocycles. The smallest absolute Gasteiger partial charge is 0.245 e. The summed E-state index contributed by atoms with van der Waals surface area (Å²) < 4.78 is 0. The van der Waals surface area contributed by atoms with Crippen molar-refractivity contribution in [2.75, 3.05) is 20.7 Å². The summed E-state index contributed by atoms with van der Waals surface area (Å²) >= 11 is 0. The second-order valence-corrected chi connectivity index (χ2v) is 8.10. The van der Waals surface area contributed by atoms with Gasteiger partial charge in [0.2, 0.25) is 11.8 Å². The molecule has 2 atom stereocenters. The van der Waals surface area contributed by atoms with Gasteiger partial charge in [0.1, 0.15) is 0 Å². The van der Waals surface area contributed by atoms with Crippen LogP contribution < -0.4 is 0 Å². The quantitative estimate of drug-likeness (QED) is 0.334. The first-order valence-electron chi connectivity index (χ1n) is 11.3. The van der Waals surface area contributed by atoms with E-state index in [2.05, 4.69) is 11.8 Å². The minimum atomic E-state index is -0.229. The number of hydrogen-bond donors (Lipinski definition) is 1. The molecule has 0 bridgehead atoms. The van der Waals surface area contributed by atoms with E-state index in [-0.39, 0.29) is 17.9 Å². The van der Waals surface area contributed by atoms with Gasteiger partial charge in [0.15, 0.2) is 0 Å². The Hall–Kier alpha value is -1.14. The van der Waals surface area contributed by atoms with E-state index in [0.29, 0.717) is 18.9 Å². The van der Waals surface area contributed by atoms with Crippen molar-refractivity contribution in [1.29, 1.82) is 0 Å². The summed E-state index contributed by atoms with van der Waals surface area (Å²) in [6.45, 7) is 2.98. The average Bonchev–Trinajstić information content (AvgIpc) is 2.69. The molecule has 28 heavy (non-hydrogen) atoms. The Morgan fingerprint density at radius 2 is 1.96 bits per heavy atom. The average molecular weight is 399 g/mol. The minimum absolute atomic E-state index is 0.00580. The van der Waals surface area contributed by atoms with Gasteiger partial charge < -0.3 is 10.0 Å². The lowest BCUT2D eigenvalue weighted by Crippen LogP contribution is -2.44. The SMILES string of the molecule is CCCCCC(O)CC[C@H]1CCCC(=O)N1CCCCCCC(=O)N(C)OC. The highest BCUT2D eigenvalue weighted by atomic mass is 16.7. The molecule has 2 amide bonds. The Labute approximate surface area is 171 Å². The van der Waals surface area contributed by atoms with Gasteiger partial charge in [0, 0.05) is 32.5 Å². The molecule has 0 radical (unpaired) electrons. The minimum Gasteiger partial charge on any atom is -0.393 e. The molecule has 1 fully saturated rings. The maximum atomic E-state index is 12.4. The fourth-order valence-corrected chi connectivity index (χ4v) is 3.93. The molecular formula is C22H42N2O4. The standard InChI is InChI=1S/C22H42N2O4/c1-4-5-8-13-20(25)17-16-19-12-11-15-22(27)24(19)18-10-7-6-9-14-21(26)23(2)28-3/h19-20,25H,4-18H2,1-3H3/t19-,20?/m1/s1. The van der Waals surface area contributed by atoms with Gasteiger partial charge in [-0.2, -0.15) is 0 Å². The number of hydroxylamine groups is 2. The number of carbonyl (C=O) groups is 2. The number of hydrogen-bond acceptors (Lipinski definition) is 4. The normalized spacial score (nSPS) is 18.4. The monoisotopic (exact) mass is 398 g/mol. The van der Waals surface area contributed by atoms with Crippen LogP contribution >= 0.6 is 0 Å². The van der Waals surface area contributed by atoms with Crippen molar-refractivity contribution in [1.82, 2.24) is 9.96 Å². The third-order valence-electron chi connectivity index (χ3n) is 5.83. The van der Waals surface area contributed by atoms with E-state index in [1.807, 2.05) is 0 Å². The van der Waals surface area contributed by atoms with Gasteiger partial charge >= 0.3 is 0 Å². The zero-order valence-corrected chi connectivity index (χ0v) is 18.3. The lowest BCUT2D eigenvalue weighted by Gasteiger charge is -2.36. The molecule has 0 aromatic carbocycles. The number of piperidine rings is 1. The van der Waals surface area contributed by atoms with Gasteiger partial charge in [0.05, 0.1) is 13.2 Å². The highest BCUT2D eigenvalue weighted by Gasteiger charge is 2.27. The van der Waals surface area contributed by atoms with Gasteiger partial charge in [-0.1, -0.05) is 39.0 Å². The van der Waals surface area contributed by atoms with Gasteiger partial charge in [-0.15, -0.1) is 0 Å². The molecule has 1 saturated heterocycles. The number of amides is 2. The molecule has 164 valence electrons. The Morgan fingerprint density at radius 1 is 1.21 bits per heavy atom. The summed E-state index contributed by atoms with van der Waals surface area (Å²) in [6.07, 6.45) is 12.9. The molecule has 1 heterocycles. The fraction of sp³-hybridized carbons (Fsp3) is 0.909. The third kappa shape index (κ3) is 9.87. The highest BCUT2D eigenvalue weighted by Crippen LogP contribution is 2.24. The molecule has 1 aliphatic rings. The highest BCUT2D eigenvalue weighted by molar-refractivity contribution is 5.77. The van der Waals surface area contributed by atoms with Crippen LogP contribution in [0.15, 0.2) is 0 Å². The molecule has 0 spiro atoms. The number of aliphatic hydroxyl groups excluding tert-OH is 1. The Kier molecular flexibility index (Phi) is 13.2. The van der Waals surface area contributed by atoms with Crippen LogP contribution in [-0.2, 0) is 14.4 Å². The predicted octanol–water partition coefficient (Wildman–Crippen LogP) is 4.06. The Morgan fingerprint density at radius 3 is 2.68 bits per heavy atom. The number of carbonyl (C=O) groups excluding carboxylic acids is 2. The molecule has 6 heteroatoms. The van der Waals surface area contributed by atoms with Crippen molar-refractivity contribution >= 4 is 11.8 Å². The zero-order chi connectivity index (χ0) is 20.8. The van der Waals surface area contributed by atoms with E-state index >= 15 is 0 Å². The summed E-state index contributed by atoms with van der Waals surface area (Å²) in [4.78, 5) is 31.0. The van der Waals surface area contributed by atoms with E-state index in [4.69, 9.17) is 4.84 Å². The van der Waals surface area contributed by atoms with Crippen LogP contribution in [0.1, 0.15) is 96.8 Å². The Bertz CT molecular complexity index is 444. The second kappa shape index (κ2) is 14.8. The predicted molar refractivity (Wildman–Crippen MR) is 112 cm³/mol. The summed E-state index contributed by atoms with van der Waals surface area (Å²) in [6, 6.07) is 0.291. The van der Waals surface area contributed by atoms with Gasteiger partial charge in [0.25, 0.3) is 0 Å². The number of aliphatic hydroxyl groups is 1. The topological polar surface area (TPSA) is 70.1 Å². The molecule has 1 N–H and O–H groups in total. The first-order valence-corrected chi connectivity index (χ1v) is 11.3. The maximum Gasteiger partial charge on any atom is 0.245 e. The summed E-state index contributed by atoms with van der Waals surface area (Å²) in [5.74, 6) is 0.278. The maximum absolute atomic E-state index is 12.4. The fourth-order valence-electron chi connectivity index (χ4n) is 3.93. The number of nitrogens with zero attached hydrogens (tertiary/aromatic N) is 2. The molecular weight excluding hydrogens is 356 g/mol. The largest absolute Gasteiger partial charge is 0.393 e. The van der Waals surface area contributed by atoms with Crippen LogP contribution in [0.3, 0.4) is 0 Å². The molecule has 6 nitrogen and oxygen atoms in total. The third-order valence-corrected chi connectivity index (χ3v) is 5.83. The zero-order valence-electron chi connectivity index (χ0n) is 18.3. The van der Waals surface area contributed by atoms with Crippen molar-refractivity contribution in [2.45, 2.75) is 109 Å². The van der Waals surface area contributed by atoms with Crippen molar-refractivity contribution in [3.8, 4) is 0 Å². The summed E-state index contributed by atoms with van der Waals surface area (Å²) in [5, 5.41) is 11.5. The summed E-state index contributed by atoms with van der Waals surface area (Å²) in [7, 11) is 3.12. The van der Waals surface area contributed by atoms with E-state index < -0.39 is 0 Å².